The maximum absolute atomic E-state index is 12.7. The van der Waals surface area contributed by atoms with Crippen LogP contribution in [-0.4, -0.2) is 33.8 Å². The van der Waals surface area contributed by atoms with Crippen LogP contribution in [-0.2, 0) is 6.18 Å². The molecule has 1 N–H and O–H groups in total. The Bertz CT molecular complexity index is 1010. The van der Waals surface area contributed by atoms with E-state index in [4.69, 9.17) is 0 Å². The minimum atomic E-state index is -4.46. The van der Waals surface area contributed by atoms with Crippen molar-refractivity contribution < 1.29 is 18.0 Å². The molecule has 0 atom stereocenters. The van der Waals surface area contributed by atoms with Crippen molar-refractivity contribution in [3.63, 3.8) is 0 Å². The van der Waals surface area contributed by atoms with Crippen LogP contribution in [0.2, 0.25) is 0 Å². The number of halogens is 3. The maximum Gasteiger partial charge on any atom is 0.417 e. The van der Waals surface area contributed by atoms with Crippen molar-refractivity contribution in [3.05, 3.63) is 65.6 Å². The van der Waals surface area contributed by atoms with Gasteiger partial charge in [0.1, 0.15) is 0 Å². The van der Waals surface area contributed by atoms with E-state index in [0.29, 0.717) is 16.9 Å². The first-order valence-corrected chi connectivity index (χ1v) is 9.49. The number of amides is 1. The van der Waals surface area contributed by atoms with Crippen LogP contribution in [0.4, 0.5) is 24.5 Å². The first-order valence-electron chi connectivity index (χ1n) is 9.49. The molecule has 0 bridgehead atoms. The fourth-order valence-corrected chi connectivity index (χ4v) is 3.09. The molecule has 158 valence electrons. The zero-order chi connectivity index (χ0) is 21.9. The fraction of sp³-hybridized carbons (Fsp3) is 0.286. The summed E-state index contributed by atoms with van der Waals surface area (Å²) in [7, 11) is 0. The first kappa shape index (κ1) is 21.4. The molecule has 0 aliphatic heterocycles. The third-order valence-corrected chi connectivity index (χ3v) is 4.80. The van der Waals surface area contributed by atoms with Gasteiger partial charge in [-0.2, -0.15) is 18.3 Å². The van der Waals surface area contributed by atoms with E-state index in [-0.39, 0.29) is 11.7 Å². The van der Waals surface area contributed by atoms with E-state index in [1.54, 1.807) is 6.92 Å². The molecule has 9 heteroatoms. The summed E-state index contributed by atoms with van der Waals surface area (Å²) in [5, 5.41) is 6.92. The zero-order valence-corrected chi connectivity index (χ0v) is 16.9. The van der Waals surface area contributed by atoms with Crippen LogP contribution in [0.15, 0.2) is 48.8 Å². The number of carbonyl (C=O) groups excluding carboxylic acids is 1. The van der Waals surface area contributed by atoms with Crippen molar-refractivity contribution in [1.82, 2.24) is 14.8 Å². The second-order valence-electron chi connectivity index (χ2n) is 6.63. The highest BCUT2D eigenvalue weighted by atomic mass is 19.4. The molecule has 3 rings (SSSR count). The molecule has 0 saturated carbocycles. The van der Waals surface area contributed by atoms with E-state index in [9.17, 15) is 18.0 Å². The second-order valence-corrected chi connectivity index (χ2v) is 6.63. The summed E-state index contributed by atoms with van der Waals surface area (Å²) in [5.74, 6) is -0.163. The lowest BCUT2D eigenvalue weighted by Crippen LogP contribution is -2.21. The van der Waals surface area contributed by atoms with E-state index in [0.717, 1.165) is 31.0 Å². The number of hydrogen-bond donors (Lipinski definition) is 1. The quantitative estimate of drug-likeness (QED) is 0.632. The highest BCUT2D eigenvalue weighted by Gasteiger charge is 2.30. The third-order valence-electron chi connectivity index (χ3n) is 4.80. The van der Waals surface area contributed by atoms with Gasteiger partial charge >= 0.3 is 6.18 Å². The lowest BCUT2D eigenvalue weighted by atomic mass is 10.2. The number of carbonyl (C=O) groups is 1. The minimum Gasteiger partial charge on any atom is -0.372 e. The third kappa shape index (κ3) is 4.45. The molecule has 2 aromatic heterocycles. The summed E-state index contributed by atoms with van der Waals surface area (Å²) >= 11 is 0. The number of benzene rings is 1. The van der Waals surface area contributed by atoms with Crippen LogP contribution < -0.4 is 10.2 Å². The summed E-state index contributed by atoms with van der Waals surface area (Å²) < 4.78 is 39.5. The largest absolute Gasteiger partial charge is 0.417 e. The van der Waals surface area contributed by atoms with Crippen LogP contribution in [0.3, 0.4) is 0 Å². The molecule has 3 aromatic rings. The molecule has 0 unspecified atom stereocenters. The molecular weight excluding hydrogens is 395 g/mol. The number of anilines is 2. The van der Waals surface area contributed by atoms with Gasteiger partial charge in [-0.15, -0.1) is 0 Å². The Morgan fingerprint density at radius 3 is 2.27 bits per heavy atom. The highest BCUT2D eigenvalue weighted by Crippen LogP contribution is 2.29. The van der Waals surface area contributed by atoms with Crippen molar-refractivity contribution in [1.29, 1.82) is 0 Å². The average Bonchev–Trinajstić information content (AvgIpc) is 3.11. The molecule has 6 nitrogen and oxygen atoms in total. The van der Waals surface area contributed by atoms with Gasteiger partial charge in [0.2, 0.25) is 0 Å². The second kappa shape index (κ2) is 8.56. The van der Waals surface area contributed by atoms with E-state index < -0.39 is 11.7 Å². The van der Waals surface area contributed by atoms with E-state index >= 15 is 0 Å². The number of nitrogens with zero attached hydrogens (tertiary/aromatic N) is 4. The van der Waals surface area contributed by atoms with Gasteiger partial charge in [0.05, 0.1) is 23.0 Å². The lowest BCUT2D eigenvalue weighted by molar-refractivity contribution is -0.137. The number of alkyl halides is 3. The first-order chi connectivity index (χ1) is 14.2. The predicted molar refractivity (Wildman–Crippen MR) is 109 cm³/mol. The van der Waals surface area contributed by atoms with Crippen LogP contribution >= 0.6 is 0 Å². The average molecular weight is 417 g/mol. The summed E-state index contributed by atoms with van der Waals surface area (Å²) in [6.45, 7) is 7.58. The van der Waals surface area contributed by atoms with Crippen molar-refractivity contribution in [2.75, 3.05) is 23.3 Å². The Morgan fingerprint density at radius 1 is 1.07 bits per heavy atom. The summed E-state index contributed by atoms with van der Waals surface area (Å²) in [4.78, 5) is 18.7. The molecule has 0 fully saturated rings. The topological polar surface area (TPSA) is 63.1 Å². The van der Waals surface area contributed by atoms with Gasteiger partial charge in [-0.05, 0) is 57.2 Å². The van der Waals surface area contributed by atoms with Gasteiger partial charge in [-0.1, -0.05) is 0 Å². The minimum absolute atomic E-state index is 0.197. The van der Waals surface area contributed by atoms with Crippen molar-refractivity contribution in [3.8, 4) is 5.82 Å². The van der Waals surface area contributed by atoms with Crippen LogP contribution in [0.1, 0.15) is 35.5 Å². The number of nitrogens with one attached hydrogen (secondary N) is 1. The SMILES string of the molecule is CCN(CC)c1ccc(NC(=O)c2cnn(-c3ccc(C(F)(F)F)cn3)c2C)cc1. The number of pyridine rings is 1. The number of hydrogen-bond acceptors (Lipinski definition) is 4. The smallest absolute Gasteiger partial charge is 0.372 e. The maximum atomic E-state index is 12.7. The molecule has 0 aliphatic rings. The molecule has 0 saturated heterocycles. The summed E-state index contributed by atoms with van der Waals surface area (Å²) in [5.41, 5.74) is 1.64. The van der Waals surface area contributed by atoms with Gasteiger partial charge in [0, 0.05) is 30.7 Å². The van der Waals surface area contributed by atoms with E-state index in [1.165, 1.54) is 16.9 Å². The molecule has 0 radical (unpaired) electrons. The number of rotatable bonds is 6. The van der Waals surface area contributed by atoms with Crippen LogP contribution in [0, 0.1) is 6.92 Å². The van der Waals surface area contributed by atoms with E-state index in [2.05, 4.69) is 34.1 Å². The van der Waals surface area contributed by atoms with Crippen molar-refractivity contribution >= 4 is 17.3 Å². The Morgan fingerprint density at radius 2 is 1.73 bits per heavy atom. The Labute approximate surface area is 172 Å². The molecule has 2 heterocycles. The summed E-state index contributed by atoms with van der Waals surface area (Å²) in [6, 6.07) is 9.67. The standard InChI is InChI=1S/C21H22F3N5O/c1-4-28(5-2)17-9-7-16(8-10-17)27-20(30)18-13-26-29(14(18)3)19-11-6-15(12-25-19)21(22,23)24/h6-13H,4-5H2,1-3H3,(H,27,30). The van der Waals surface area contributed by atoms with Crippen LogP contribution in [0.5, 0.6) is 0 Å². The molecular formula is C21H22F3N5O. The Hall–Kier alpha value is -3.36. The fourth-order valence-electron chi connectivity index (χ4n) is 3.09. The Kier molecular flexibility index (Phi) is 6.09. The van der Waals surface area contributed by atoms with Crippen molar-refractivity contribution in [2.24, 2.45) is 0 Å². The van der Waals surface area contributed by atoms with E-state index in [1.807, 2.05) is 24.3 Å². The summed E-state index contributed by atoms with van der Waals surface area (Å²) in [6.07, 6.45) is -2.35. The molecule has 0 spiro atoms. The van der Waals surface area contributed by atoms with Crippen LogP contribution in [0.25, 0.3) is 5.82 Å². The monoisotopic (exact) mass is 417 g/mol. The van der Waals surface area contributed by atoms with Gasteiger partial charge in [-0.3, -0.25) is 4.79 Å². The van der Waals surface area contributed by atoms with Gasteiger partial charge in [0.15, 0.2) is 5.82 Å². The van der Waals surface area contributed by atoms with Gasteiger partial charge in [-0.25, -0.2) is 9.67 Å². The van der Waals surface area contributed by atoms with Gasteiger partial charge in [0.25, 0.3) is 5.91 Å². The van der Waals surface area contributed by atoms with Gasteiger partial charge < -0.3 is 10.2 Å². The zero-order valence-electron chi connectivity index (χ0n) is 16.9. The highest BCUT2D eigenvalue weighted by molar-refractivity contribution is 6.05. The molecule has 0 aliphatic carbocycles. The normalized spacial score (nSPS) is 11.4. The van der Waals surface area contributed by atoms with Crippen molar-refractivity contribution in [2.45, 2.75) is 26.9 Å². The molecule has 1 amide bonds. The predicted octanol–water partition coefficient (Wildman–Crippen LogP) is 4.69. The molecule has 1 aromatic carbocycles. The number of aromatic nitrogens is 3. The molecule has 30 heavy (non-hydrogen) atoms. The Balaban J connectivity index is 1.76. The lowest BCUT2D eigenvalue weighted by Gasteiger charge is -2.21.